The summed E-state index contributed by atoms with van der Waals surface area (Å²) in [4.78, 5) is 4.31. The highest BCUT2D eigenvalue weighted by molar-refractivity contribution is 5.84. The standard InChI is InChI=1S/C14H13NO/c1-4-14(2,3)16-12-9-5-7-11-8-6-10-15-13(11)12/h1,5-10H,2-3H3. The third kappa shape index (κ3) is 1.99. The lowest BCUT2D eigenvalue weighted by atomic mass is 10.1. The Hall–Kier alpha value is -2.01. The Balaban J connectivity index is 2.50. The lowest BCUT2D eigenvalue weighted by Gasteiger charge is -2.20. The Bertz CT molecular complexity index is 547. The average Bonchev–Trinajstić information content (AvgIpc) is 2.29. The van der Waals surface area contributed by atoms with Crippen LogP contribution < -0.4 is 4.74 Å². The smallest absolute Gasteiger partial charge is 0.163 e. The van der Waals surface area contributed by atoms with Gasteiger partial charge in [0.15, 0.2) is 5.60 Å². The molecule has 2 rings (SSSR count). The number of hydrogen-bond acceptors (Lipinski definition) is 2. The van der Waals surface area contributed by atoms with Gasteiger partial charge in [-0.1, -0.05) is 24.1 Å². The molecule has 2 nitrogen and oxygen atoms in total. The molecule has 0 fully saturated rings. The molecule has 0 aliphatic carbocycles. The van der Waals surface area contributed by atoms with Crippen molar-refractivity contribution < 1.29 is 4.74 Å². The van der Waals surface area contributed by atoms with E-state index >= 15 is 0 Å². The van der Waals surface area contributed by atoms with E-state index in [2.05, 4.69) is 10.9 Å². The number of para-hydroxylation sites is 1. The lowest BCUT2D eigenvalue weighted by Crippen LogP contribution is -2.25. The van der Waals surface area contributed by atoms with Gasteiger partial charge in [-0.25, -0.2) is 0 Å². The first-order valence-electron chi connectivity index (χ1n) is 5.13. The van der Waals surface area contributed by atoms with E-state index in [1.54, 1.807) is 6.20 Å². The topological polar surface area (TPSA) is 22.1 Å². The normalized spacial score (nSPS) is 11.1. The van der Waals surface area contributed by atoms with Crippen LogP contribution in [0.4, 0.5) is 0 Å². The summed E-state index contributed by atoms with van der Waals surface area (Å²) in [5.74, 6) is 3.33. The van der Waals surface area contributed by atoms with Crippen molar-refractivity contribution in [3.63, 3.8) is 0 Å². The summed E-state index contributed by atoms with van der Waals surface area (Å²) in [6.45, 7) is 3.71. The Kier molecular flexibility index (Phi) is 2.54. The second-order valence-corrected chi connectivity index (χ2v) is 4.09. The minimum atomic E-state index is -0.619. The van der Waals surface area contributed by atoms with Crippen LogP contribution in [0.15, 0.2) is 36.5 Å². The van der Waals surface area contributed by atoms with Crippen molar-refractivity contribution in [3.05, 3.63) is 36.5 Å². The molecule has 0 radical (unpaired) electrons. The van der Waals surface area contributed by atoms with Gasteiger partial charge >= 0.3 is 0 Å². The Labute approximate surface area is 95.3 Å². The maximum atomic E-state index is 5.77. The number of nitrogens with zero attached hydrogens (tertiary/aromatic N) is 1. The van der Waals surface area contributed by atoms with Crippen LogP contribution in [0.5, 0.6) is 5.75 Å². The summed E-state index contributed by atoms with van der Waals surface area (Å²) in [5, 5.41) is 1.05. The molecule has 2 aromatic rings. The number of terminal acetylenes is 1. The highest BCUT2D eigenvalue weighted by Crippen LogP contribution is 2.26. The predicted octanol–water partition coefficient (Wildman–Crippen LogP) is 3.03. The molecule has 0 aliphatic heterocycles. The van der Waals surface area contributed by atoms with E-state index in [9.17, 15) is 0 Å². The van der Waals surface area contributed by atoms with Crippen LogP contribution in [0, 0.1) is 12.3 Å². The summed E-state index contributed by atoms with van der Waals surface area (Å²) >= 11 is 0. The van der Waals surface area contributed by atoms with E-state index in [1.165, 1.54) is 0 Å². The molecule has 2 heteroatoms. The van der Waals surface area contributed by atoms with Gasteiger partial charge in [-0.15, -0.1) is 6.42 Å². The molecule has 0 unspecified atom stereocenters. The van der Waals surface area contributed by atoms with Crippen molar-refractivity contribution in [2.24, 2.45) is 0 Å². The molecule has 0 aliphatic rings. The summed E-state index contributed by atoms with van der Waals surface area (Å²) in [7, 11) is 0. The molecule has 80 valence electrons. The Morgan fingerprint density at radius 3 is 2.75 bits per heavy atom. The van der Waals surface area contributed by atoms with E-state index in [0.717, 1.165) is 16.7 Å². The van der Waals surface area contributed by atoms with Gasteiger partial charge in [0.05, 0.1) is 0 Å². The maximum Gasteiger partial charge on any atom is 0.163 e. The van der Waals surface area contributed by atoms with Crippen molar-refractivity contribution in [3.8, 4) is 18.1 Å². The second kappa shape index (κ2) is 3.86. The predicted molar refractivity (Wildman–Crippen MR) is 65.3 cm³/mol. The van der Waals surface area contributed by atoms with Crippen LogP contribution in [0.25, 0.3) is 10.9 Å². The van der Waals surface area contributed by atoms with Crippen molar-refractivity contribution in [1.82, 2.24) is 4.98 Å². The highest BCUT2D eigenvalue weighted by Gasteiger charge is 2.17. The number of benzene rings is 1. The third-order valence-electron chi connectivity index (χ3n) is 2.31. The lowest BCUT2D eigenvalue weighted by molar-refractivity contribution is 0.175. The zero-order chi connectivity index (χ0) is 11.6. The SMILES string of the molecule is C#CC(C)(C)Oc1cccc2cccnc12. The molecule has 1 heterocycles. The Morgan fingerprint density at radius 1 is 1.25 bits per heavy atom. The maximum absolute atomic E-state index is 5.77. The quantitative estimate of drug-likeness (QED) is 0.712. The van der Waals surface area contributed by atoms with Gasteiger partial charge in [0.1, 0.15) is 11.3 Å². The molecule has 1 aromatic heterocycles. The molecular formula is C14H13NO. The van der Waals surface area contributed by atoms with Crippen LogP contribution in [-0.2, 0) is 0 Å². The molecule has 0 N–H and O–H groups in total. The molecule has 1 aromatic carbocycles. The summed E-state index contributed by atoms with van der Waals surface area (Å²) in [5.41, 5.74) is 0.222. The largest absolute Gasteiger partial charge is 0.473 e. The number of rotatable bonds is 2. The number of aromatic nitrogens is 1. The van der Waals surface area contributed by atoms with E-state index in [-0.39, 0.29) is 0 Å². The first-order chi connectivity index (χ1) is 7.62. The first-order valence-corrected chi connectivity index (χ1v) is 5.13. The van der Waals surface area contributed by atoms with Crippen molar-refractivity contribution >= 4 is 10.9 Å². The fourth-order valence-electron chi connectivity index (χ4n) is 1.46. The molecular weight excluding hydrogens is 198 g/mol. The van der Waals surface area contributed by atoms with Gasteiger partial charge in [-0.3, -0.25) is 4.98 Å². The van der Waals surface area contributed by atoms with Gasteiger partial charge in [0, 0.05) is 11.6 Å². The number of hydrogen-bond donors (Lipinski definition) is 0. The van der Waals surface area contributed by atoms with Gasteiger partial charge in [0.2, 0.25) is 0 Å². The minimum absolute atomic E-state index is 0.619. The molecule has 0 atom stereocenters. The van der Waals surface area contributed by atoms with Crippen LogP contribution in [0.2, 0.25) is 0 Å². The van der Waals surface area contributed by atoms with E-state index in [4.69, 9.17) is 11.2 Å². The third-order valence-corrected chi connectivity index (χ3v) is 2.31. The van der Waals surface area contributed by atoms with Gasteiger partial charge in [-0.05, 0) is 26.0 Å². The number of ether oxygens (including phenoxy) is 1. The first kappa shape index (κ1) is 10.5. The van der Waals surface area contributed by atoms with E-state index < -0.39 is 5.60 Å². The van der Waals surface area contributed by atoms with Crippen molar-refractivity contribution in [1.29, 1.82) is 0 Å². The van der Waals surface area contributed by atoms with E-state index in [0.29, 0.717) is 0 Å². The molecule has 0 saturated carbocycles. The molecule has 0 spiro atoms. The zero-order valence-electron chi connectivity index (χ0n) is 9.40. The highest BCUT2D eigenvalue weighted by atomic mass is 16.5. The summed E-state index contributed by atoms with van der Waals surface area (Å²) in [6, 6.07) is 9.72. The molecule has 0 saturated heterocycles. The molecule has 0 bridgehead atoms. The second-order valence-electron chi connectivity index (χ2n) is 4.09. The summed E-state index contributed by atoms with van der Waals surface area (Å²) < 4.78 is 5.77. The molecule has 0 amide bonds. The van der Waals surface area contributed by atoms with Gasteiger partial charge < -0.3 is 4.74 Å². The monoisotopic (exact) mass is 211 g/mol. The van der Waals surface area contributed by atoms with E-state index in [1.807, 2.05) is 44.2 Å². The van der Waals surface area contributed by atoms with Crippen LogP contribution in [-0.4, -0.2) is 10.6 Å². The fourth-order valence-corrected chi connectivity index (χ4v) is 1.46. The van der Waals surface area contributed by atoms with Crippen LogP contribution in [0.3, 0.4) is 0 Å². The zero-order valence-corrected chi connectivity index (χ0v) is 9.40. The summed E-state index contributed by atoms with van der Waals surface area (Å²) in [6.07, 6.45) is 7.15. The fraction of sp³-hybridized carbons (Fsp3) is 0.214. The van der Waals surface area contributed by atoms with Crippen molar-refractivity contribution in [2.75, 3.05) is 0 Å². The minimum Gasteiger partial charge on any atom is -0.473 e. The average molecular weight is 211 g/mol. The van der Waals surface area contributed by atoms with Crippen LogP contribution >= 0.6 is 0 Å². The van der Waals surface area contributed by atoms with Gasteiger partial charge in [0.25, 0.3) is 0 Å². The van der Waals surface area contributed by atoms with Crippen molar-refractivity contribution in [2.45, 2.75) is 19.4 Å². The number of fused-ring (bicyclic) bond motifs is 1. The van der Waals surface area contributed by atoms with Gasteiger partial charge in [-0.2, -0.15) is 0 Å². The molecule has 16 heavy (non-hydrogen) atoms. The van der Waals surface area contributed by atoms with Crippen LogP contribution in [0.1, 0.15) is 13.8 Å². The Morgan fingerprint density at radius 2 is 2.00 bits per heavy atom. The number of pyridine rings is 1.